The fraction of sp³-hybridized carbons (Fsp3) is 0.200. The summed E-state index contributed by atoms with van der Waals surface area (Å²) in [4.78, 5) is 24.0. The smallest absolute Gasteiger partial charge is 0.332 e. The van der Waals surface area contributed by atoms with Gasteiger partial charge in [0.05, 0.1) is 7.11 Å². The van der Waals surface area contributed by atoms with Crippen molar-refractivity contribution in [1.29, 1.82) is 0 Å². The molecule has 0 aliphatic heterocycles. The van der Waals surface area contributed by atoms with E-state index in [-0.39, 0.29) is 11.1 Å². The number of aliphatic carboxylic acids is 1. The monoisotopic (exact) mass is 371 g/mol. The van der Waals surface area contributed by atoms with E-state index in [1.54, 1.807) is 12.1 Å². The summed E-state index contributed by atoms with van der Waals surface area (Å²) in [5.74, 6) is -1.15. The van der Waals surface area contributed by atoms with Gasteiger partial charge in [-0.2, -0.15) is 0 Å². The van der Waals surface area contributed by atoms with Gasteiger partial charge in [-0.15, -0.1) is 0 Å². The molecule has 3 rings (SSSR count). The third-order valence-electron chi connectivity index (χ3n) is 4.41. The average molecular weight is 372 g/mol. The maximum absolute atomic E-state index is 12.7. The summed E-state index contributed by atoms with van der Waals surface area (Å²) in [6.45, 7) is 0. The standard InChI is InChI=1S/C20H18ClNO4/c1-26-18-12-14(13-6-3-2-4-7-13)10-11-17(18)22(21)19(23)15-8-5-9-16(15)20(24)25/h2-4,6-7,10-12H,5,8-9H2,1H3,(H,24,25). The van der Waals surface area contributed by atoms with Crippen molar-refractivity contribution < 1.29 is 19.4 Å². The SMILES string of the molecule is COc1cc(-c2ccccc2)ccc1N(Cl)C(=O)C1=C(C(=O)O)CCC1. The van der Waals surface area contributed by atoms with Crippen LogP contribution in [0.15, 0.2) is 59.7 Å². The highest BCUT2D eigenvalue weighted by Crippen LogP contribution is 2.37. The molecule has 2 aromatic carbocycles. The zero-order chi connectivity index (χ0) is 18.7. The lowest BCUT2D eigenvalue weighted by atomic mass is 10.0. The topological polar surface area (TPSA) is 66.8 Å². The number of methoxy groups -OCH3 is 1. The molecule has 0 saturated heterocycles. The average Bonchev–Trinajstić information content (AvgIpc) is 3.17. The van der Waals surface area contributed by atoms with Crippen LogP contribution in [0.2, 0.25) is 0 Å². The van der Waals surface area contributed by atoms with E-state index in [2.05, 4.69) is 0 Å². The van der Waals surface area contributed by atoms with Gasteiger partial charge in [-0.1, -0.05) is 36.4 Å². The summed E-state index contributed by atoms with van der Waals surface area (Å²) < 4.78 is 6.35. The zero-order valence-corrected chi connectivity index (χ0v) is 15.0. The second-order valence-corrected chi connectivity index (χ2v) is 6.29. The normalized spacial score (nSPS) is 13.6. The van der Waals surface area contributed by atoms with Crippen LogP contribution in [-0.4, -0.2) is 24.1 Å². The number of benzene rings is 2. The predicted octanol–water partition coefficient (Wildman–Crippen LogP) is 4.41. The van der Waals surface area contributed by atoms with Crippen LogP contribution in [0.1, 0.15) is 19.3 Å². The quantitative estimate of drug-likeness (QED) is 0.790. The van der Waals surface area contributed by atoms with E-state index < -0.39 is 11.9 Å². The summed E-state index contributed by atoms with van der Waals surface area (Å²) >= 11 is 6.27. The molecule has 2 aromatic rings. The molecule has 0 aromatic heterocycles. The van der Waals surface area contributed by atoms with E-state index in [1.165, 1.54) is 7.11 Å². The highest BCUT2D eigenvalue weighted by Gasteiger charge is 2.30. The Bertz CT molecular complexity index is 877. The van der Waals surface area contributed by atoms with E-state index >= 15 is 0 Å². The first-order chi connectivity index (χ1) is 12.5. The lowest BCUT2D eigenvalue weighted by Gasteiger charge is -2.19. The molecule has 5 nitrogen and oxygen atoms in total. The van der Waals surface area contributed by atoms with Crippen LogP contribution in [0, 0.1) is 0 Å². The van der Waals surface area contributed by atoms with Crippen LogP contribution in [0.5, 0.6) is 5.75 Å². The van der Waals surface area contributed by atoms with Gasteiger partial charge in [0.15, 0.2) is 0 Å². The van der Waals surface area contributed by atoms with E-state index in [0.29, 0.717) is 30.7 Å². The fourth-order valence-corrected chi connectivity index (χ4v) is 3.34. The van der Waals surface area contributed by atoms with Crippen molar-refractivity contribution in [3.8, 4) is 16.9 Å². The second-order valence-electron chi connectivity index (χ2n) is 5.95. The molecule has 26 heavy (non-hydrogen) atoms. The van der Waals surface area contributed by atoms with Crippen molar-refractivity contribution in [2.75, 3.05) is 11.5 Å². The highest BCUT2D eigenvalue weighted by atomic mass is 35.5. The first kappa shape index (κ1) is 18.0. The zero-order valence-electron chi connectivity index (χ0n) is 14.2. The number of nitrogens with zero attached hydrogens (tertiary/aromatic N) is 1. The fourth-order valence-electron chi connectivity index (χ4n) is 3.09. The number of rotatable bonds is 5. The number of carboxylic acids is 1. The minimum atomic E-state index is -1.07. The van der Waals surface area contributed by atoms with E-state index in [4.69, 9.17) is 16.5 Å². The van der Waals surface area contributed by atoms with E-state index in [9.17, 15) is 14.7 Å². The Kier molecular flexibility index (Phi) is 5.28. The van der Waals surface area contributed by atoms with Crippen LogP contribution >= 0.6 is 11.8 Å². The summed E-state index contributed by atoms with van der Waals surface area (Å²) in [6, 6.07) is 15.1. The Morgan fingerprint density at radius 2 is 1.73 bits per heavy atom. The number of ether oxygens (including phenoxy) is 1. The Hall–Kier alpha value is -2.79. The van der Waals surface area contributed by atoms with Gasteiger partial charge in [0.25, 0.3) is 5.91 Å². The van der Waals surface area contributed by atoms with Crippen LogP contribution < -0.4 is 9.16 Å². The maximum Gasteiger partial charge on any atom is 0.332 e. The molecule has 0 bridgehead atoms. The minimum Gasteiger partial charge on any atom is -0.494 e. The number of hydrogen-bond acceptors (Lipinski definition) is 3. The molecule has 134 valence electrons. The van der Waals surface area contributed by atoms with Gasteiger partial charge < -0.3 is 9.84 Å². The van der Waals surface area contributed by atoms with Gasteiger partial charge in [0.1, 0.15) is 11.4 Å². The van der Waals surface area contributed by atoms with Gasteiger partial charge in [-0.25, -0.2) is 9.21 Å². The lowest BCUT2D eigenvalue weighted by molar-refractivity contribution is -0.133. The van der Waals surface area contributed by atoms with Crippen molar-refractivity contribution >= 4 is 29.3 Å². The van der Waals surface area contributed by atoms with Gasteiger partial charge in [-0.3, -0.25) is 4.79 Å². The molecule has 1 amide bonds. The van der Waals surface area contributed by atoms with Gasteiger partial charge in [0.2, 0.25) is 0 Å². The molecular weight excluding hydrogens is 354 g/mol. The first-order valence-corrected chi connectivity index (χ1v) is 8.55. The van der Waals surface area contributed by atoms with Crippen LogP contribution in [0.25, 0.3) is 11.1 Å². The summed E-state index contributed by atoms with van der Waals surface area (Å²) in [5.41, 5.74) is 2.71. The van der Waals surface area contributed by atoms with Crippen molar-refractivity contribution in [1.82, 2.24) is 0 Å². The molecule has 0 heterocycles. The van der Waals surface area contributed by atoms with Crippen LogP contribution in [0.4, 0.5) is 5.69 Å². The number of hydrogen-bond donors (Lipinski definition) is 1. The third kappa shape index (κ3) is 3.44. The number of anilines is 1. The van der Waals surface area contributed by atoms with Gasteiger partial charge in [-0.05, 0) is 42.5 Å². The molecule has 0 fully saturated rings. The minimum absolute atomic E-state index is 0.139. The van der Waals surface area contributed by atoms with E-state index in [1.807, 2.05) is 36.4 Å². The molecule has 1 N–H and O–H groups in total. The van der Waals surface area contributed by atoms with Crippen molar-refractivity contribution in [3.05, 3.63) is 59.7 Å². The van der Waals surface area contributed by atoms with Gasteiger partial charge >= 0.3 is 5.97 Å². The highest BCUT2D eigenvalue weighted by molar-refractivity contribution is 6.40. The number of carboxylic acid groups (broad SMARTS) is 1. The molecule has 0 atom stereocenters. The molecule has 1 aliphatic rings. The number of carbonyl (C=O) groups is 2. The molecule has 1 aliphatic carbocycles. The molecular formula is C20H18ClNO4. The summed E-state index contributed by atoms with van der Waals surface area (Å²) in [7, 11) is 1.50. The largest absolute Gasteiger partial charge is 0.494 e. The van der Waals surface area contributed by atoms with Crippen molar-refractivity contribution in [3.63, 3.8) is 0 Å². The summed E-state index contributed by atoms with van der Waals surface area (Å²) in [6.07, 6.45) is 1.43. The molecule has 0 spiro atoms. The van der Waals surface area contributed by atoms with E-state index in [0.717, 1.165) is 15.5 Å². The van der Waals surface area contributed by atoms with Crippen molar-refractivity contribution in [2.45, 2.75) is 19.3 Å². The maximum atomic E-state index is 12.7. The number of carbonyl (C=O) groups excluding carboxylic acids is 1. The molecule has 6 heteroatoms. The molecule has 0 saturated carbocycles. The lowest BCUT2D eigenvalue weighted by Crippen LogP contribution is -2.24. The Morgan fingerprint density at radius 1 is 1.04 bits per heavy atom. The Labute approximate surface area is 156 Å². The third-order valence-corrected chi connectivity index (χ3v) is 4.75. The Balaban J connectivity index is 1.95. The predicted molar refractivity (Wildman–Crippen MR) is 100 cm³/mol. The number of amides is 1. The Morgan fingerprint density at radius 3 is 2.38 bits per heavy atom. The first-order valence-electron chi connectivity index (χ1n) is 8.22. The van der Waals surface area contributed by atoms with Crippen LogP contribution in [-0.2, 0) is 9.59 Å². The van der Waals surface area contributed by atoms with Crippen molar-refractivity contribution in [2.24, 2.45) is 0 Å². The molecule has 0 unspecified atom stereocenters. The second kappa shape index (κ2) is 7.62. The van der Waals surface area contributed by atoms with Crippen LogP contribution in [0.3, 0.4) is 0 Å². The summed E-state index contributed by atoms with van der Waals surface area (Å²) in [5, 5.41) is 9.25. The molecule has 0 radical (unpaired) electrons. The number of halogens is 1. The van der Waals surface area contributed by atoms with Gasteiger partial charge in [0, 0.05) is 22.9 Å².